The van der Waals surface area contributed by atoms with Crippen LogP contribution in [0, 0.1) is 0 Å². The first-order valence-electron chi connectivity index (χ1n) is 7.14. The molecular weight excluding hydrogens is 363 g/mol. The predicted molar refractivity (Wildman–Crippen MR) is 85.8 cm³/mol. The third-order valence-corrected chi connectivity index (χ3v) is 5.70. The second-order valence-electron chi connectivity index (χ2n) is 5.36. The van der Waals surface area contributed by atoms with Crippen LogP contribution in [-0.4, -0.2) is 26.5 Å². The monoisotopic (exact) mass is 377 g/mol. The van der Waals surface area contributed by atoms with Gasteiger partial charge < -0.3 is 4.90 Å². The molecule has 130 valence electrons. The summed E-state index contributed by atoms with van der Waals surface area (Å²) in [6.07, 6.45) is -2.72. The van der Waals surface area contributed by atoms with Gasteiger partial charge in [-0.3, -0.25) is 4.72 Å². The van der Waals surface area contributed by atoms with Gasteiger partial charge in [0.1, 0.15) is 0 Å². The zero-order chi connectivity index (χ0) is 17.4. The van der Waals surface area contributed by atoms with Gasteiger partial charge in [-0.05, 0) is 31.0 Å². The van der Waals surface area contributed by atoms with Gasteiger partial charge in [0.05, 0.1) is 22.4 Å². The Morgan fingerprint density at radius 2 is 1.92 bits per heavy atom. The van der Waals surface area contributed by atoms with E-state index >= 15 is 0 Å². The molecule has 1 aromatic heterocycles. The molecule has 1 aromatic carbocycles. The molecule has 0 atom stereocenters. The highest BCUT2D eigenvalue weighted by molar-refractivity contribution is 7.92. The van der Waals surface area contributed by atoms with E-state index in [0.717, 1.165) is 36.3 Å². The number of hydrogen-bond acceptors (Lipinski definition) is 5. The van der Waals surface area contributed by atoms with Crippen LogP contribution in [0.5, 0.6) is 0 Å². The van der Waals surface area contributed by atoms with Crippen LogP contribution in [-0.2, 0) is 16.2 Å². The number of anilines is 2. The van der Waals surface area contributed by atoms with Gasteiger partial charge in [0.2, 0.25) is 0 Å². The molecule has 1 fully saturated rings. The maximum absolute atomic E-state index is 13.0. The normalized spacial score (nSPS) is 15.7. The number of thiazole rings is 1. The average Bonchev–Trinajstić information content (AvgIpc) is 3.20. The van der Waals surface area contributed by atoms with E-state index in [1.807, 2.05) is 4.90 Å². The Morgan fingerprint density at radius 1 is 1.21 bits per heavy atom. The topological polar surface area (TPSA) is 62.3 Å². The molecule has 0 saturated carbocycles. The summed E-state index contributed by atoms with van der Waals surface area (Å²) in [5.74, 6) is 0. The van der Waals surface area contributed by atoms with Crippen molar-refractivity contribution in [2.75, 3.05) is 22.7 Å². The quantitative estimate of drug-likeness (QED) is 0.885. The Kier molecular flexibility index (Phi) is 4.43. The lowest BCUT2D eigenvalue weighted by Gasteiger charge is -2.23. The van der Waals surface area contributed by atoms with Crippen LogP contribution < -0.4 is 9.62 Å². The van der Waals surface area contributed by atoms with Crippen molar-refractivity contribution in [1.82, 2.24) is 4.98 Å². The Bertz CT molecular complexity index is 814. The van der Waals surface area contributed by atoms with Crippen molar-refractivity contribution in [2.45, 2.75) is 24.0 Å². The maximum Gasteiger partial charge on any atom is 0.416 e. The first kappa shape index (κ1) is 17.0. The molecule has 0 bridgehead atoms. The summed E-state index contributed by atoms with van der Waals surface area (Å²) in [5.41, 5.74) is 0.808. The molecule has 0 spiro atoms. The summed E-state index contributed by atoms with van der Waals surface area (Å²) in [6.45, 7) is 1.35. The van der Waals surface area contributed by atoms with Crippen molar-refractivity contribution in [3.05, 3.63) is 34.7 Å². The van der Waals surface area contributed by atoms with Gasteiger partial charge in [0.25, 0.3) is 10.0 Å². The van der Waals surface area contributed by atoms with Gasteiger partial charge in [0.15, 0.2) is 5.03 Å². The molecule has 1 aliphatic rings. The fourth-order valence-electron chi connectivity index (χ4n) is 2.56. The van der Waals surface area contributed by atoms with Crippen molar-refractivity contribution in [1.29, 1.82) is 0 Å². The second kappa shape index (κ2) is 6.25. The molecule has 0 amide bonds. The third-order valence-electron chi connectivity index (χ3n) is 3.70. The van der Waals surface area contributed by atoms with Gasteiger partial charge in [0, 0.05) is 18.5 Å². The number of hydrogen-bond donors (Lipinski definition) is 1. The van der Waals surface area contributed by atoms with E-state index in [2.05, 4.69) is 9.71 Å². The lowest BCUT2D eigenvalue weighted by molar-refractivity contribution is -0.137. The molecule has 3 rings (SSSR count). The van der Waals surface area contributed by atoms with Crippen molar-refractivity contribution in [3.8, 4) is 0 Å². The van der Waals surface area contributed by atoms with Gasteiger partial charge in [-0.1, -0.05) is 0 Å². The largest absolute Gasteiger partial charge is 0.416 e. The molecule has 1 aliphatic heterocycles. The molecule has 2 aromatic rings. The van der Waals surface area contributed by atoms with E-state index in [0.29, 0.717) is 18.8 Å². The number of aromatic nitrogens is 1. The van der Waals surface area contributed by atoms with Crippen molar-refractivity contribution in [2.24, 2.45) is 0 Å². The van der Waals surface area contributed by atoms with Crippen LogP contribution in [0.2, 0.25) is 0 Å². The number of rotatable bonds is 4. The fourth-order valence-corrected chi connectivity index (χ4v) is 4.46. The zero-order valence-electron chi connectivity index (χ0n) is 12.4. The minimum absolute atomic E-state index is 0.0836. The lowest BCUT2D eigenvalue weighted by atomic mass is 10.1. The standard InChI is InChI=1S/C14H14F3N3O2S2/c15-14(16,17)10-3-4-12(20-5-1-2-6-20)11(7-10)19-24(21,22)13-8-23-9-18-13/h3-4,7-9,19H,1-2,5-6H2. The molecule has 10 heteroatoms. The highest BCUT2D eigenvalue weighted by atomic mass is 32.2. The summed E-state index contributed by atoms with van der Waals surface area (Å²) in [4.78, 5) is 5.59. The van der Waals surface area contributed by atoms with Gasteiger partial charge >= 0.3 is 6.18 Å². The molecule has 0 aliphatic carbocycles. The van der Waals surface area contributed by atoms with E-state index in [1.165, 1.54) is 17.0 Å². The zero-order valence-corrected chi connectivity index (χ0v) is 14.0. The SMILES string of the molecule is O=S(=O)(Nc1cc(C(F)(F)F)ccc1N1CCCC1)c1cscn1. The van der Waals surface area contributed by atoms with E-state index in [1.54, 1.807) is 0 Å². The van der Waals surface area contributed by atoms with Gasteiger partial charge in [-0.15, -0.1) is 11.3 Å². The van der Waals surface area contributed by atoms with Crippen LogP contribution in [0.25, 0.3) is 0 Å². The summed E-state index contributed by atoms with van der Waals surface area (Å²) in [6, 6.07) is 3.11. The summed E-state index contributed by atoms with van der Waals surface area (Å²) < 4.78 is 65.8. The molecule has 1 saturated heterocycles. The highest BCUT2D eigenvalue weighted by Crippen LogP contribution is 2.37. The van der Waals surface area contributed by atoms with E-state index in [9.17, 15) is 21.6 Å². The number of sulfonamides is 1. The smallest absolute Gasteiger partial charge is 0.370 e. The second-order valence-corrected chi connectivity index (χ2v) is 7.70. The molecule has 5 nitrogen and oxygen atoms in total. The predicted octanol–water partition coefficient (Wildman–Crippen LogP) is 3.56. The summed E-state index contributed by atoms with van der Waals surface area (Å²) in [5, 5.41) is 1.11. The minimum Gasteiger partial charge on any atom is -0.370 e. The summed E-state index contributed by atoms with van der Waals surface area (Å²) in [7, 11) is -4.03. The number of alkyl halides is 3. The lowest BCUT2D eigenvalue weighted by Crippen LogP contribution is -2.22. The molecule has 24 heavy (non-hydrogen) atoms. The van der Waals surface area contributed by atoms with Gasteiger partial charge in [-0.25, -0.2) is 4.98 Å². The first-order chi connectivity index (χ1) is 11.3. The average molecular weight is 377 g/mol. The molecule has 2 heterocycles. The highest BCUT2D eigenvalue weighted by Gasteiger charge is 2.32. The van der Waals surface area contributed by atoms with E-state index in [-0.39, 0.29) is 10.7 Å². The van der Waals surface area contributed by atoms with Crippen LogP contribution in [0.4, 0.5) is 24.5 Å². The van der Waals surface area contributed by atoms with Crippen molar-refractivity contribution in [3.63, 3.8) is 0 Å². The third kappa shape index (κ3) is 3.48. The number of benzene rings is 1. The Hall–Kier alpha value is -1.81. The minimum atomic E-state index is -4.55. The molecule has 0 unspecified atom stereocenters. The van der Waals surface area contributed by atoms with Gasteiger partial charge in [-0.2, -0.15) is 21.6 Å². The van der Waals surface area contributed by atoms with Crippen LogP contribution in [0.15, 0.2) is 34.1 Å². The Balaban J connectivity index is 2.02. The van der Waals surface area contributed by atoms with Crippen molar-refractivity contribution >= 4 is 32.7 Å². The van der Waals surface area contributed by atoms with Crippen molar-refractivity contribution < 1.29 is 21.6 Å². The van der Waals surface area contributed by atoms with Crippen LogP contribution >= 0.6 is 11.3 Å². The van der Waals surface area contributed by atoms with E-state index in [4.69, 9.17) is 0 Å². The number of halogens is 3. The molecule has 0 radical (unpaired) electrons. The van der Waals surface area contributed by atoms with E-state index < -0.39 is 21.8 Å². The number of nitrogens with one attached hydrogen (secondary N) is 1. The molecular formula is C14H14F3N3O2S2. The fraction of sp³-hybridized carbons (Fsp3) is 0.357. The Labute approximate surface area is 141 Å². The Morgan fingerprint density at radius 3 is 2.50 bits per heavy atom. The number of nitrogens with zero attached hydrogens (tertiary/aromatic N) is 2. The molecule has 1 N–H and O–H groups in total. The van der Waals surface area contributed by atoms with Crippen LogP contribution in [0.3, 0.4) is 0 Å². The first-order valence-corrected chi connectivity index (χ1v) is 9.57. The van der Waals surface area contributed by atoms with Crippen LogP contribution in [0.1, 0.15) is 18.4 Å². The maximum atomic E-state index is 13.0. The summed E-state index contributed by atoms with van der Waals surface area (Å²) >= 11 is 1.09.